The SMILES string of the molecule is O=C(NC(O)C(=O)c1cccs1)c1ccc(Cl)cc1. The van der Waals surface area contributed by atoms with Crippen molar-refractivity contribution in [3.63, 3.8) is 0 Å². The molecule has 4 nitrogen and oxygen atoms in total. The molecule has 2 N–H and O–H groups in total. The van der Waals surface area contributed by atoms with Crippen molar-refractivity contribution in [2.24, 2.45) is 0 Å². The van der Waals surface area contributed by atoms with Crippen molar-refractivity contribution in [3.8, 4) is 0 Å². The molecule has 6 heteroatoms. The van der Waals surface area contributed by atoms with Crippen molar-refractivity contribution in [1.29, 1.82) is 0 Å². The lowest BCUT2D eigenvalue weighted by Gasteiger charge is -2.10. The normalized spacial score (nSPS) is 11.9. The summed E-state index contributed by atoms with van der Waals surface area (Å²) >= 11 is 6.91. The van der Waals surface area contributed by atoms with Gasteiger partial charge in [-0.15, -0.1) is 11.3 Å². The maximum absolute atomic E-state index is 11.8. The molecule has 1 heterocycles. The summed E-state index contributed by atoms with van der Waals surface area (Å²) in [4.78, 5) is 23.9. The van der Waals surface area contributed by atoms with E-state index in [1.807, 2.05) is 0 Å². The summed E-state index contributed by atoms with van der Waals surface area (Å²) in [6.45, 7) is 0. The fourth-order valence-electron chi connectivity index (χ4n) is 1.43. The number of thiophene rings is 1. The summed E-state index contributed by atoms with van der Waals surface area (Å²) in [5.41, 5.74) is 0.322. The lowest BCUT2D eigenvalue weighted by Crippen LogP contribution is -2.40. The van der Waals surface area contributed by atoms with Gasteiger partial charge in [-0.3, -0.25) is 9.59 Å². The van der Waals surface area contributed by atoms with Crippen LogP contribution in [-0.4, -0.2) is 23.0 Å². The molecule has 0 aliphatic carbocycles. The summed E-state index contributed by atoms with van der Waals surface area (Å²) in [5, 5.41) is 14.1. The highest BCUT2D eigenvalue weighted by Gasteiger charge is 2.20. The van der Waals surface area contributed by atoms with E-state index in [0.29, 0.717) is 15.5 Å². The van der Waals surface area contributed by atoms with E-state index in [1.54, 1.807) is 29.6 Å². The van der Waals surface area contributed by atoms with Crippen LogP contribution in [0.5, 0.6) is 0 Å². The molecule has 98 valence electrons. The second-order valence-corrected chi connectivity index (χ2v) is 5.11. The van der Waals surface area contributed by atoms with Gasteiger partial charge in [0.2, 0.25) is 5.78 Å². The van der Waals surface area contributed by atoms with Gasteiger partial charge < -0.3 is 10.4 Å². The predicted molar refractivity (Wildman–Crippen MR) is 73.6 cm³/mol. The highest BCUT2D eigenvalue weighted by Crippen LogP contribution is 2.12. The highest BCUT2D eigenvalue weighted by molar-refractivity contribution is 7.12. The van der Waals surface area contributed by atoms with Gasteiger partial charge in [-0.2, -0.15) is 0 Å². The van der Waals surface area contributed by atoms with Gasteiger partial charge in [-0.05, 0) is 35.7 Å². The van der Waals surface area contributed by atoms with Crippen LogP contribution in [-0.2, 0) is 0 Å². The molecule has 19 heavy (non-hydrogen) atoms. The summed E-state index contributed by atoms with van der Waals surface area (Å²) < 4.78 is 0. The summed E-state index contributed by atoms with van der Waals surface area (Å²) in [5.74, 6) is -1.06. The molecule has 0 saturated carbocycles. The predicted octanol–water partition coefficient (Wildman–Crippen LogP) is 2.33. The Morgan fingerprint density at radius 3 is 2.47 bits per heavy atom. The molecule has 1 atom stereocenters. The number of hydrogen-bond donors (Lipinski definition) is 2. The van der Waals surface area contributed by atoms with Gasteiger partial charge in [0.05, 0.1) is 4.88 Å². The van der Waals surface area contributed by atoms with Crippen LogP contribution in [0.4, 0.5) is 0 Å². The van der Waals surface area contributed by atoms with Gasteiger partial charge in [-0.1, -0.05) is 17.7 Å². The van der Waals surface area contributed by atoms with E-state index in [2.05, 4.69) is 5.32 Å². The van der Waals surface area contributed by atoms with Gasteiger partial charge in [-0.25, -0.2) is 0 Å². The third kappa shape index (κ3) is 3.41. The first-order valence-electron chi connectivity index (χ1n) is 5.40. The monoisotopic (exact) mass is 295 g/mol. The van der Waals surface area contributed by atoms with Crippen molar-refractivity contribution in [3.05, 3.63) is 57.2 Å². The van der Waals surface area contributed by atoms with E-state index < -0.39 is 17.9 Å². The molecular weight excluding hydrogens is 286 g/mol. The number of aliphatic hydroxyl groups is 1. The molecule has 2 aromatic rings. The molecule has 0 bridgehead atoms. The van der Waals surface area contributed by atoms with Gasteiger partial charge in [0.15, 0.2) is 6.23 Å². The molecule has 1 amide bonds. The molecule has 0 aliphatic rings. The van der Waals surface area contributed by atoms with Crippen LogP contribution >= 0.6 is 22.9 Å². The van der Waals surface area contributed by atoms with E-state index in [9.17, 15) is 14.7 Å². The number of aliphatic hydroxyl groups excluding tert-OH is 1. The quantitative estimate of drug-likeness (QED) is 0.672. The van der Waals surface area contributed by atoms with Crippen molar-refractivity contribution < 1.29 is 14.7 Å². The molecule has 1 aromatic carbocycles. The smallest absolute Gasteiger partial charge is 0.253 e. The van der Waals surface area contributed by atoms with E-state index in [0.717, 1.165) is 0 Å². The zero-order chi connectivity index (χ0) is 13.8. The minimum absolute atomic E-state index is 0.322. The largest absolute Gasteiger partial charge is 0.367 e. The molecule has 2 rings (SSSR count). The van der Waals surface area contributed by atoms with Gasteiger partial charge in [0.25, 0.3) is 5.91 Å². The van der Waals surface area contributed by atoms with Crippen LogP contribution in [0.2, 0.25) is 5.02 Å². The number of hydrogen-bond acceptors (Lipinski definition) is 4. The Morgan fingerprint density at radius 1 is 1.21 bits per heavy atom. The molecule has 0 aliphatic heterocycles. The highest BCUT2D eigenvalue weighted by atomic mass is 35.5. The number of benzene rings is 1. The fraction of sp³-hybridized carbons (Fsp3) is 0.0769. The van der Waals surface area contributed by atoms with Crippen LogP contribution in [0, 0.1) is 0 Å². The topological polar surface area (TPSA) is 66.4 Å². The standard InChI is InChI=1S/C13H10ClNO3S/c14-9-5-3-8(4-6-9)12(17)15-13(18)11(16)10-2-1-7-19-10/h1-7,13,18H,(H,15,17). The summed E-state index contributed by atoms with van der Waals surface area (Å²) in [6, 6.07) is 9.43. The second kappa shape index (κ2) is 5.97. The Hall–Kier alpha value is -1.69. The van der Waals surface area contributed by atoms with Crippen LogP contribution in [0.15, 0.2) is 41.8 Å². The molecule has 1 unspecified atom stereocenters. The zero-order valence-electron chi connectivity index (χ0n) is 9.67. The van der Waals surface area contributed by atoms with Crippen LogP contribution < -0.4 is 5.32 Å². The van der Waals surface area contributed by atoms with E-state index in [-0.39, 0.29) is 0 Å². The average Bonchev–Trinajstić information content (AvgIpc) is 2.92. The molecule has 1 aromatic heterocycles. The van der Waals surface area contributed by atoms with E-state index >= 15 is 0 Å². The lowest BCUT2D eigenvalue weighted by molar-refractivity contribution is 0.0610. The first-order valence-corrected chi connectivity index (χ1v) is 6.66. The Kier molecular flexibility index (Phi) is 4.31. The maximum atomic E-state index is 11.8. The van der Waals surface area contributed by atoms with Crippen molar-refractivity contribution >= 4 is 34.6 Å². The Balaban J connectivity index is 2.02. The number of nitrogens with one attached hydrogen (secondary N) is 1. The van der Waals surface area contributed by atoms with Crippen LogP contribution in [0.3, 0.4) is 0 Å². The number of Topliss-reactive ketones (excluding diaryl/α,β-unsaturated/α-hetero) is 1. The third-order valence-electron chi connectivity index (χ3n) is 2.39. The number of amides is 1. The van der Waals surface area contributed by atoms with Gasteiger partial charge >= 0.3 is 0 Å². The maximum Gasteiger partial charge on any atom is 0.253 e. The first kappa shape index (κ1) is 13.7. The molecular formula is C13H10ClNO3S. The van der Waals surface area contributed by atoms with Crippen LogP contribution in [0.25, 0.3) is 0 Å². The van der Waals surface area contributed by atoms with Crippen LogP contribution in [0.1, 0.15) is 20.0 Å². The second-order valence-electron chi connectivity index (χ2n) is 3.72. The van der Waals surface area contributed by atoms with E-state index in [4.69, 9.17) is 11.6 Å². The Bertz CT molecular complexity index is 580. The summed E-state index contributed by atoms with van der Waals surface area (Å²) in [6.07, 6.45) is -1.55. The molecule has 0 spiro atoms. The molecule has 0 fully saturated rings. The number of carbonyl (C=O) groups is 2. The minimum atomic E-state index is -1.55. The average molecular weight is 296 g/mol. The number of rotatable bonds is 4. The summed E-state index contributed by atoms with van der Waals surface area (Å²) in [7, 11) is 0. The number of ketones is 1. The van der Waals surface area contributed by atoms with E-state index in [1.165, 1.54) is 23.5 Å². The number of halogens is 1. The Morgan fingerprint density at radius 2 is 1.89 bits per heavy atom. The Labute approximate surface area is 118 Å². The van der Waals surface area contributed by atoms with Crippen molar-refractivity contribution in [1.82, 2.24) is 5.32 Å². The molecule has 0 radical (unpaired) electrons. The third-order valence-corrected chi connectivity index (χ3v) is 3.52. The number of carbonyl (C=O) groups excluding carboxylic acids is 2. The lowest BCUT2D eigenvalue weighted by atomic mass is 10.2. The van der Waals surface area contributed by atoms with Gasteiger partial charge in [0, 0.05) is 10.6 Å². The van der Waals surface area contributed by atoms with Crippen molar-refractivity contribution in [2.75, 3.05) is 0 Å². The molecule has 0 saturated heterocycles. The zero-order valence-corrected chi connectivity index (χ0v) is 11.2. The fourth-order valence-corrected chi connectivity index (χ4v) is 2.24. The van der Waals surface area contributed by atoms with Gasteiger partial charge in [0.1, 0.15) is 0 Å². The first-order chi connectivity index (χ1) is 9.08. The van der Waals surface area contributed by atoms with Crippen molar-refractivity contribution in [2.45, 2.75) is 6.23 Å². The minimum Gasteiger partial charge on any atom is -0.367 e.